The Morgan fingerprint density at radius 1 is 1.35 bits per heavy atom. The van der Waals surface area contributed by atoms with E-state index in [4.69, 9.17) is 10.7 Å². The number of primary amides is 1. The van der Waals surface area contributed by atoms with Crippen LogP contribution in [0.15, 0.2) is 4.99 Å². The summed E-state index contributed by atoms with van der Waals surface area (Å²) < 4.78 is 0. The van der Waals surface area contributed by atoms with E-state index in [9.17, 15) is 4.79 Å². The van der Waals surface area contributed by atoms with Crippen LogP contribution in [0.1, 0.15) is 46.5 Å². The first-order valence-corrected chi connectivity index (χ1v) is 9.14. The molecule has 1 heterocycles. The first-order valence-electron chi connectivity index (χ1n) is 9.14. The lowest BCUT2D eigenvalue weighted by molar-refractivity contribution is -0.119. The topological polar surface area (TPSA) is 74.0 Å². The van der Waals surface area contributed by atoms with Crippen molar-refractivity contribution < 1.29 is 4.79 Å². The zero-order chi connectivity index (χ0) is 17.1. The summed E-state index contributed by atoms with van der Waals surface area (Å²) in [7, 11) is 0. The number of rotatable bonds is 9. The number of likely N-dealkylation sites (N-methyl/N-ethyl adjacent to an activating group) is 1. The van der Waals surface area contributed by atoms with E-state index in [0.29, 0.717) is 12.3 Å². The summed E-state index contributed by atoms with van der Waals surface area (Å²) in [5.41, 5.74) is 5.35. The van der Waals surface area contributed by atoms with Gasteiger partial charge in [0.1, 0.15) is 0 Å². The van der Waals surface area contributed by atoms with Crippen molar-refractivity contribution >= 4 is 11.9 Å². The standard InChI is InChI=1S/C17H35N5O/c1-4-10-21(6-3)12-9-20-17(19-5-2)22-11-7-8-15(14-22)13-16(18)23/h15H,4-14H2,1-3H3,(H2,18,23)(H,19,20). The lowest BCUT2D eigenvalue weighted by Crippen LogP contribution is -2.47. The number of piperidine rings is 1. The molecular formula is C17H35N5O. The van der Waals surface area contributed by atoms with Crippen molar-refractivity contribution in [2.45, 2.75) is 46.5 Å². The molecule has 1 saturated heterocycles. The number of hydrogen-bond donors (Lipinski definition) is 2. The van der Waals surface area contributed by atoms with Gasteiger partial charge < -0.3 is 20.9 Å². The summed E-state index contributed by atoms with van der Waals surface area (Å²) in [6, 6.07) is 0. The van der Waals surface area contributed by atoms with Gasteiger partial charge in [-0.2, -0.15) is 0 Å². The molecule has 1 unspecified atom stereocenters. The minimum atomic E-state index is -0.197. The van der Waals surface area contributed by atoms with Gasteiger partial charge in [-0.05, 0) is 45.2 Å². The maximum atomic E-state index is 11.2. The Labute approximate surface area is 141 Å². The molecule has 0 spiro atoms. The lowest BCUT2D eigenvalue weighted by atomic mass is 9.95. The Morgan fingerprint density at radius 2 is 2.13 bits per heavy atom. The van der Waals surface area contributed by atoms with Gasteiger partial charge in [0.05, 0.1) is 6.54 Å². The molecule has 0 aromatic rings. The van der Waals surface area contributed by atoms with E-state index in [0.717, 1.165) is 64.6 Å². The third kappa shape index (κ3) is 7.68. The zero-order valence-electron chi connectivity index (χ0n) is 15.2. The van der Waals surface area contributed by atoms with Crippen molar-refractivity contribution in [3.05, 3.63) is 0 Å². The van der Waals surface area contributed by atoms with Crippen molar-refractivity contribution in [1.82, 2.24) is 15.1 Å². The molecule has 1 aliphatic rings. The van der Waals surface area contributed by atoms with Crippen molar-refractivity contribution in [3.63, 3.8) is 0 Å². The smallest absolute Gasteiger partial charge is 0.217 e. The number of nitrogens with one attached hydrogen (secondary N) is 1. The average molecular weight is 326 g/mol. The van der Waals surface area contributed by atoms with Crippen molar-refractivity contribution in [2.24, 2.45) is 16.6 Å². The van der Waals surface area contributed by atoms with E-state index in [-0.39, 0.29) is 5.91 Å². The van der Waals surface area contributed by atoms with E-state index < -0.39 is 0 Å². The van der Waals surface area contributed by atoms with Crippen LogP contribution in [0.3, 0.4) is 0 Å². The van der Waals surface area contributed by atoms with Gasteiger partial charge in [0.15, 0.2) is 5.96 Å². The Hall–Kier alpha value is -1.30. The zero-order valence-corrected chi connectivity index (χ0v) is 15.2. The maximum absolute atomic E-state index is 11.2. The van der Waals surface area contributed by atoms with Crippen LogP contribution >= 0.6 is 0 Å². The number of carbonyl (C=O) groups excluding carboxylic acids is 1. The number of guanidine groups is 1. The third-order valence-corrected chi connectivity index (χ3v) is 4.31. The van der Waals surface area contributed by atoms with Crippen LogP contribution in [-0.2, 0) is 4.79 Å². The summed E-state index contributed by atoms with van der Waals surface area (Å²) in [4.78, 5) is 20.7. The van der Waals surface area contributed by atoms with E-state index >= 15 is 0 Å². The highest BCUT2D eigenvalue weighted by atomic mass is 16.1. The van der Waals surface area contributed by atoms with Gasteiger partial charge in [0, 0.05) is 32.6 Å². The molecule has 1 aliphatic heterocycles. The number of nitrogens with two attached hydrogens (primary N) is 1. The van der Waals surface area contributed by atoms with Gasteiger partial charge in [0.2, 0.25) is 5.91 Å². The molecule has 6 heteroatoms. The Kier molecular flexibility index (Phi) is 9.67. The number of likely N-dealkylation sites (tertiary alicyclic amines) is 1. The molecule has 0 saturated carbocycles. The number of aliphatic imine (C=N–C) groups is 1. The summed E-state index contributed by atoms with van der Waals surface area (Å²) in [5.74, 6) is 1.14. The second kappa shape index (κ2) is 11.3. The van der Waals surface area contributed by atoms with Crippen LogP contribution in [0.4, 0.5) is 0 Å². The van der Waals surface area contributed by atoms with Gasteiger partial charge in [0.25, 0.3) is 0 Å². The number of nitrogens with zero attached hydrogens (tertiary/aromatic N) is 3. The van der Waals surface area contributed by atoms with Gasteiger partial charge in [-0.1, -0.05) is 13.8 Å². The predicted octanol–water partition coefficient (Wildman–Crippen LogP) is 1.27. The van der Waals surface area contributed by atoms with Gasteiger partial charge >= 0.3 is 0 Å². The molecule has 0 radical (unpaired) electrons. The summed E-state index contributed by atoms with van der Waals surface area (Å²) >= 11 is 0. The fourth-order valence-electron chi connectivity index (χ4n) is 3.18. The van der Waals surface area contributed by atoms with Crippen LogP contribution in [0, 0.1) is 5.92 Å². The molecule has 0 bridgehead atoms. The SMILES string of the molecule is CCCN(CC)CCN=C(NCC)N1CCCC(CC(N)=O)C1. The van der Waals surface area contributed by atoms with Gasteiger partial charge in [-0.25, -0.2) is 0 Å². The second-order valence-corrected chi connectivity index (χ2v) is 6.29. The van der Waals surface area contributed by atoms with Crippen LogP contribution in [-0.4, -0.2) is 67.5 Å². The molecule has 1 fully saturated rings. The fourth-order valence-corrected chi connectivity index (χ4v) is 3.18. The fraction of sp³-hybridized carbons (Fsp3) is 0.882. The van der Waals surface area contributed by atoms with Crippen molar-refractivity contribution in [2.75, 3.05) is 45.8 Å². The van der Waals surface area contributed by atoms with Crippen LogP contribution in [0.25, 0.3) is 0 Å². The molecule has 0 aromatic heterocycles. The van der Waals surface area contributed by atoms with Crippen molar-refractivity contribution in [1.29, 1.82) is 0 Å². The molecule has 6 nitrogen and oxygen atoms in total. The first kappa shape index (κ1) is 19.7. The van der Waals surface area contributed by atoms with Crippen LogP contribution in [0.5, 0.6) is 0 Å². The van der Waals surface area contributed by atoms with Gasteiger partial charge in [-0.3, -0.25) is 9.79 Å². The quantitative estimate of drug-likeness (QED) is 0.494. The highest BCUT2D eigenvalue weighted by molar-refractivity contribution is 5.80. The minimum absolute atomic E-state index is 0.197. The summed E-state index contributed by atoms with van der Waals surface area (Å²) in [6.07, 6.45) is 3.84. The predicted molar refractivity (Wildman–Crippen MR) is 96.5 cm³/mol. The first-order chi connectivity index (χ1) is 11.1. The second-order valence-electron chi connectivity index (χ2n) is 6.29. The van der Waals surface area contributed by atoms with E-state index in [1.54, 1.807) is 0 Å². The highest BCUT2D eigenvalue weighted by Crippen LogP contribution is 2.19. The third-order valence-electron chi connectivity index (χ3n) is 4.31. The Bertz CT molecular complexity index is 372. The molecule has 3 N–H and O–H groups in total. The monoisotopic (exact) mass is 325 g/mol. The molecule has 1 rings (SSSR count). The maximum Gasteiger partial charge on any atom is 0.217 e. The molecule has 134 valence electrons. The minimum Gasteiger partial charge on any atom is -0.370 e. The molecular weight excluding hydrogens is 290 g/mol. The summed E-state index contributed by atoms with van der Waals surface area (Å²) in [6.45, 7) is 13.3. The molecule has 0 aliphatic carbocycles. The molecule has 1 atom stereocenters. The number of amides is 1. The summed E-state index contributed by atoms with van der Waals surface area (Å²) in [5, 5.41) is 3.39. The van der Waals surface area contributed by atoms with E-state index in [2.05, 4.69) is 35.9 Å². The molecule has 23 heavy (non-hydrogen) atoms. The Morgan fingerprint density at radius 3 is 2.74 bits per heavy atom. The number of hydrogen-bond acceptors (Lipinski definition) is 3. The van der Waals surface area contributed by atoms with Crippen molar-refractivity contribution in [3.8, 4) is 0 Å². The molecule has 1 amide bonds. The van der Waals surface area contributed by atoms with Crippen LogP contribution in [0.2, 0.25) is 0 Å². The average Bonchev–Trinajstić information content (AvgIpc) is 2.52. The molecule has 0 aromatic carbocycles. The largest absolute Gasteiger partial charge is 0.370 e. The highest BCUT2D eigenvalue weighted by Gasteiger charge is 2.23. The van der Waals surface area contributed by atoms with E-state index in [1.807, 2.05) is 0 Å². The lowest BCUT2D eigenvalue weighted by Gasteiger charge is -2.34. The van der Waals surface area contributed by atoms with Gasteiger partial charge in [-0.15, -0.1) is 0 Å². The Balaban J connectivity index is 2.57. The van der Waals surface area contributed by atoms with E-state index in [1.165, 1.54) is 6.42 Å². The normalized spacial score (nSPS) is 19.2. The van der Waals surface area contributed by atoms with Crippen LogP contribution < -0.4 is 11.1 Å². The number of carbonyl (C=O) groups is 1.